The van der Waals surface area contributed by atoms with Gasteiger partial charge in [-0.2, -0.15) is 0 Å². The maximum Gasteiger partial charge on any atom is 0.317 e. The van der Waals surface area contributed by atoms with Crippen molar-refractivity contribution in [3.63, 3.8) is 0 Å². The summed E-state index contributed by atoms with van der Waals surface area (Å²) in [6.45, 7) is 21.4. The van der Waals surface area contributed by atoms with E-state index in [4.69, 9.17) is 4.74 Å². The summed E-state index contributed by atoms with van der Waals surface area (Å²) < 4.78 is 5.10. The molecule has 0 heterocycles. The highest BCUT2D eigenvalue weighted by molar-refractivity contribution is 5.84. The number of carbonyl (C=O) groups is 3. The zero-order valence-electron chi connectivity index (χ0n) is 34.2. The number of benzene rings is 2. The van der Waals surface area contributed by atoms with E-state index in [1.807, 2.05) is 47.4 Å². The van der Waals surface area contributed by atoms with Gasteiger partial charge in [-0.15, -0.1) is 0 Å². The molecule has 4 fully saturated rings. The maximum absolute atomic E-state index is 14.7. The Morgan fingerprint density at radius 3 is 2.31 bits per heavy atom. The maximum atomic E-state index is 14.7. The van der Waals surface area contributed by atoms with Crippen LogP contribution >= 0.6 is 0 Å². The minimum Gasteiger partial charge on any atom is -0.480 e. The minimum absolute atomic E-state index is 0.00341. The Labute approximate surface area is 329 Å². The summed E-state index contributed by atoms with van der Waals surface area (Å²) in [7, 11) is 0. The standard InChI is InChI=1S/C48H64N2O5/c1-32(2)36-19-24-48(43(54)49-27-28-50(30-41(52)53)29-33-11-9-8-10-12-33)26-25-46(6)38(42(36)48)17-18-40-45(5)22-20-37(34-13-15-35(16-14-34)55-31-51)44(3,4)39(45)21-23-47(40,46)7/h8-16,20,31,36,38-40,42H,1,17-19,21-30H2,2-7H3,(H,49,54)(H,52,53)/t36-,38+,39-,40+,42+,45-,46+,47+,48-/m0/s1. The van der Waals surface area contributed by atoms with Crippen molar-refractivity contribution in [1.82, 2.24) is 10.2 Å². The topological polar surface area (TPSA) is 95.9 Å². The van der Waals surface area contributed by atoms with Gasteiger partial charge >= 0.3 is 5.97 Å². The third kappa shape index (κ3) is 6.50. The molecular formula is C48H64N2O5. The number of rotatable bonds is 12. The van der Waals surface area contributed by atoms with Crippen LogP contribution in [0.2, 0.25) is 0 Å². The van der Waals surface area contributed by atoms with Gasteiger partial charge in [0.15, 0.2) is 0 Å². The number of nitrogens with zero attached hydrogens (tertiary/aromatic N) is 1. The van der Waals surface area contributed by atoms with Crippen LogP contribution in [0.3, 0.4) is 0 Å². The molecule has 2 N–H and O–H groups in total. The molecule has 1 amide bonds. The molecule has 9 atom stereocenters. The Kier molecular flexibility index (Phi) is 10.5. The summed E-state index contributed by atoms with van der Waals surface area (Å²) in [5.74, 6) is 2.10. The summed E-state index contributed by atoms with van der Waals surface area (Å²) >= 11 is 0. The number of ether oxygens (including phenoxy) is 1. The number of hydrogen-bond acceptors (Lipinski definition) is 5. The number of carboxylic acids is 1. The van der Waals surface area contributed by atoms with Gasteiger partial charge in [0.1, 0.15) is 5.75 Å². The van der Waals surface area contributed by atoms with Crippen molar-refractivity contribution in [2.24, 2.45) is 56.7 Å². The van der Waals surface area contributed by atoms with Crippen molar-refractivity contribution in [1.29, 1.82) is 0 Å². The van der Waals surface area contributed by atoms with E-state index >= 15 is 0 Å². The molecule has 7 rings (SSSR count). The molecule has 7 heteroatoms. The predicted octanol–water partition coefficient (Wildman–Crippen LogP) is 9.58. The molecular weight excluding hydrogens is 685 g/mol. The van der Waals surface area contributed by atoms with E-state index in [2.05, 4.69) is 71.6 Å². The number of carboxylic acid groups (broad SMARTS) is 1. The van der Waals surface area contributed by atoms with Gasteiger partial charge in [-0.3, -0.25) is 19.3 Å². The monoisotopic (exact) mass is 748 g/mol. The van der Waals surface area contributed by atoms with Crippen molar-refractivity contribution in [2.45, 2.75) is 106 Å². The van der Waals surface area contributed by atoms with Crippen LogP contribution in [-0.4, -0.2) is 48.0 Å². The van der Waals surface area contributed by atoms with Gasteiger partial charge in [0.2, 0.25) is 5.91 Å². The fourth-order valence-electron chi connectivity index (χ4n) is 14.2. The van der Waals surface area contributed by atoms with Gasteiger partial charge in [-0.1, -0.05) is 95.3 Å². The molecule has 55 heavy (non-hydrogen) atoms. The van der Waals surface area contributed by atoms with Gasteiger partial charge in [-0.05, 0) is 145 Å². The van der Waals surface area contributed by atoms with E-state index in [0.717, 1.165) is 44.1 Å². The van der Waals surface area contributed by atoms with Crippen LogP contribution < -0.4 is 10.1 Å². The fraction of sp³-hybridized carbons (Fsp3) is 0.604. The molecule has 0 unspecified atom stereocenters. The van der Waals surface area contributed by atoms with E-state index in [-0.39, 0.29) is 40.0 Å². The molecule has 4 saturated carbocycles. The zero-order chi connectivity index (χ0) is 39.4. The first-order chi connectivity index (χ1) is 26.1. The first kappa shape index (κ1) is 39.5. The molecule has 0 aromatic heterocycles. The second-order valence-corrected chi connectivity index (χ2v) is 19.5. The Morgan fingerprint density at radius 1 is 0.909 bits per heavy atom. The molecule has 0 spiro atoms. The van der Waals surface area contributed by atoms with Crippen molar-refractivity contribution in [3.8, 4) is 5.75 Å². The molecule has 0 aliphatic heterocycles. The Hall–Kier alpha value is -3.71. The van der Waals surface area contributed by atoms with Crippen molar-refractivity contribution in [2.75, 3.05) is 19.6 Å². The van der Waals surface area contributed by atoms with Crippen LogP contribution in [0, 0.1) is 56.7 Å². The van der Waals surface area contributed by atoms with E-state index in [9.17, 15) is 19.5 Å². The number of carbonyl (C=O) groups excluding carboxylic acids is 2. The average Bonchev–Trinajstić information content (AvgIpc) is 3.54. The molecule has 0 bridgehead atoms. The first-order valence-electron chi connectivity index (χ1n) is 20.9. The smallest absolute Gasteiger partial charge is 0.317 e. The highest BCUT2D eigenvalue weighted by Gasteiger charge is 2.71. The van der Waals surface area contributed by atoms with Crippen LogP contribution in [0.4, 0.5) is 0 Å². The lowest BCUT2D eigenvalue weighted by Gasteiger charge is -2.72. The number of hydrogen-bond donors (Lipinski definition) is 2. The van der Waals surface area contributed by atoms with E-state index in [1.165, 1.54) is 36.0 Å². The lowest BCUT2D eigenvalue weighted by atomic mass is 9.32. The number of allylic oxidation sites excluding steroid dienone is 3. The van der Waals surface area contributed by atoms with Gasteiger partial charge in [0, 0.05) is 19.6 Å². The van der Waals surface area contributed by atoms with Gasteiger partial charge in [0.25, 0.3) is 6.47 Å². The lowest BCUT2D eigenvalue weighted by Crippen LogP contribution is -2.66. The molecule has 2 aromatic rings. The summed E-state index contributed by atoms with van der Waals surface area (Å²) in [4.78, 5) is 39.3. The molecule has 2 aromatic carbocycles. The molecule has 7 nitrogen and oxygen atoms in total. The summed E-state index contributed by atoms with van der Waals surface area (Å²) in [6, 6.07) is 18.0. The van der Waals surface area contributed by atoms with E-state index in [1.54, 1.807) is 0 Å². The normalized spacial score (nSPS) is 36.0. The quantitative estimate of drug-likeness (QED) is 0.166. The van der Waals surface area contributed by atoms with E-state index in [0.29, 0.717) is 55.5 Å². The van der Waals surface area contributed by atoms with Crippen LogP contribution in [0.15, 0.2) is 72.8 Å². The van der Waals surface area contributed by atoms with Crippen LogP contribution in [0.5, 0.6) is 5.75 Å². The second kappa shape index (κ2) is 14.7. The van der Waals surface area contributed by atoms with Crippen LogP contribution in [-0.2, 0) is 20.9 Å². The SMILES string of the molecule is C=C(C)[C@@H]1CC[C@]2(C(=O)NCCN(CC(=O)O)Cc3ccccc3)CC[C@]3(C)[C@H](CC[C@@H]4[C@@]5(C)CC=C(c6ccc(OC=O)cc6)C(C)(C)[C@@H]5CC[C@]43C)[C@@H]12. The zero-order valence-corrected chi connectivity index (χ0v) is 34.2. The Balaban J connectivity index is 1.12. The van der Waals surface area contributed by atoms with Crippen molar-refractivity contribution < 1.29 is 24.2 Å². The third-order valence-corrected chi connectivity index (χ3v) is 16.8. The Morgan fingerprint density at radius 2 is 1.64 bits per heavy atom. The molecule has 5 aliphatic rings. The fourth-order valence-corrected chi connectivity index (χ4v) is 14.2. The molecule has 0 radical (unpaired) electrons. The van der Waals surface area contributed by atoms with Crippen molar-refractivity contribution in [3.05, 3.63) is 84.0 Å². The summed E-state index contributed by atoms with van der Waals surface area (Å²) in [5, 5.41) is 13.0. The lowest BCUT2D eigenvalue weighted by molar-refractivity contribution is -0.225. The number of aliphatic carboxylic acids is 1. The number of fused-ring (bicyclic) bond motifs is 7. The predicted molar refractivity (Wildman–Crippen MR) is 218 cm³/mol. The van der Waals surface area contributed by atoms with Gasteiger partial charge in [-0.25, -0.2) is 0 Å². The summed E-state index contributed by atoms with van der Waals surface area (Å²) in [6.07, 6.45) is 12.2. The number of amides is 1. The van der Waals surface area contributed by atoms with Crippen LogP contribution in [0.25, 0.3) is 5.57 Å². The molecule has 296 valence electrons. The molecule has 0 saturated heterocycles. The highest BCUT2D eigenvalue weighted by atomic mass is 16.5. The summed E-state index contributed by atoms with van der Waals surface area (Å²) in [5.41, 5.74) is 4.95. The van der Waals surface area contributed by atoms with Gasteiger partial charge < -0.3 is 15.2 Å². The van der Waals surface area contributed by atoms with E-state index < -0.39 is 11.4 Å². The highest BCUT2D eigenvalue weighted by Crippen LogP contribution is 2.77. The van der Waals surface area contributed by atoms with Gasteiger partial charge in [0.05, 0.1) is 12.0 Å². The molecule has 5 aliphatic carbocycles. The number of nitrogens with one attached hydrogen (secondary N) is 1. The largest absolute Gasteiger partial charge is 0.480 e. The second-order valence-electron chi connectivity index (χ2n) is 19.5. The minimum atomic E-state index is -0.856. The Bertz CT molecular complexity index is 1820. The van der Waals surface area contributed by atoms with Crippen molar-refractivity contribution >= 4 is 23.9 Å². The third-order valence-electron chi connectivity index (χ3n) is 16.8. The first-order valence-corrected chi connectivity index (χ1v) is 20.9. The van der Waals surface area contributed by atoms with Crippen LogP contribution in [0.1, 0.15) is 110 Å². The average molecular weight is 749 g/mol.